The highest BCUT2D eigenvalue weighted by molar-refractivity contribution is 7.15. The van der Waals surface area contributed by atoms with E-state index in [9.17, 15) is 14.6 Å². The minimum Gasteiger partial charge on any atom is -0.393 e. The molecule has 162 valence electrons. The fourth-order valence-corrected chi connectivity index (χ4v) is 5.18. The summed E-state index contributed by atoms with van der Waals surface area (Å²) in [4.78, 5) is 13.9. The number of nitrogens with zero attached hydrogens (tertiary/aromatic N) is 3. The van der Waals surface area contributed by atoms with Gasteiger partial charge in [-0.05, 0) is 68.7 Å². The molecule has 8 heteroatoms. The normalized spacial score (nSPS) is 23.7. The number of aryl methyl sites for hydroxylation is 1. The smallest absolute Gasteiger partial charge is 0.227 e. The summed E-state index contributed by atoms with van der Waals surface area (Å²) in [5.41, 5.74) is 2.38. The molecule has 31 heavy (non-hydrogen) atoms. The lowest BCUT2D eigenvalue weighted by Gasteiger charge is -2.32. The third-order valence-corrected chi connectivity index (χ3v) is 7.28. The molecule has 3 N–H and O–H groups in total. The summed E-state index contributed by atoms with van der Waals surface area (Å²) in [5, 5.41) is 24.7. The van der Waals surface area contributed by atoms with Crippen molar-refractivity contribution in [2.75, 3.05) is 5.32 Å². The second-order valence-corrected chi connectivity index (χ2v) is 9.74. The first-order chi connectivity index (χ1) is 14.9. The van der Waals surface area contributed by atoms with Crippen LogP contribution in [0, 0.1) is 12.7 Å². The molecule has 0 atom stereocenters. The molecule has 2 saturated carbocycles. The molecule has 0 spiro atoms. The van der Waals surface area contributed by atoms with Crippen LogP contribution in [-0.2, 0) is 5.60 Å². The zero-order valence-corrected chi connectivity index (χ0v) is 18.1. The van der Waals surface area contributed by atoms with Crippen molar-refractivity contribution in [1.29, 1.82) is 0 Å². The summed E-state index contributed by atoms with van der Waals surface area (Å²) in [7, 11) is 0. The van der Waals surface area contributed by atoms with Crippen molar-refractivity contribution in [3.8, 4) is 10.4 Å². The Labute approximate surface area is 184 Å². The molecule has 3 aromatic rings. The SMILES string of the molecule is Cc1cc(Nc2ncc(F)c(C3CC3)n2)cc(-c2cnc([C@]3(O)CC[C@H](O)CC3)s2)c1. The summed E-state index contributed by atoms with van der Waals surface area (Å²) < 4.78 is 14.0. The Bertz CT molecular complexity index is 1110. The maximum atomic E-state index is 14.0. The van der Waals surface area contributed by atoms with E-state index < -0.39 is 5.60 Å². The van der Waals surface area contributed by atoms with Crippen LogP contribution in [-0.4, -0.2) is 31.3 Å². The van der Waals surface area contributed by atoms with E-state index in [0.717, 1.165) is 34.5 Å². The van der Waals surface area contributed by atoms with Gasteiger partial charge in [0, 0.05) is 17.8 Å². The van der Waals surface area contributed by atoms with E-state index in [1.165, 1.54) is 17.5 Å². The van der Waals surface area contributed by atoms with E-state index >= 15 is 0 Å². The number of hydrogen-bond donors (Lipinski definition) is 3. The average Bonchev–Trinajstić information content (AvgIpc) is 3.46. The second kappa shape index (κ2) is 7.93. The van der Waals surface area contributed by atoms with Crippen LogP contribution in [0.5, 0.6) is 0 Å². The molecule has 0 radical (unpaired) electrons. The van der Waals surface area contributed by atoms with Crippen molar-refractivity contribution < 1.29 is 14.6 Å². The topological polar surface area (TPSA) is 91.2 Å². The van der Waals surface area contributed by atoms with Gasteiger partial charge >= 0.3 is 0 Å². The van der Waals surface area contributed by atoms with Gasteiger partial charge in [0.05, 0.1) is 22.9 Å². The van der Waals surface area contributed by atoms with Gasteiger partial charge in [-0.1, -0.05) is 6.07 Å². The van der Waals surface area contributed by atoms with Crippen molar-refractivity contribution >= 4 is 23.0 Å². The number of nitrogens with one attached hydrogen (secondary N) is 1. The number of anilines is 2. The van der Waals surface area contributed by atoms with Crippen molar-refractivity contribution in [2.45, 2.75) is 63.1 Å². The molecular formula is C23H25FN4O2S. The predicted octanol–water partition coefficient (Wildman–Crippen LogP) is 4.79. The zero-order valence-electron chi connectivity index (χ0n) is 17.3. The summed E-state index contributed by atoms with van der Waals surface area (Å²) in [6.45, 7) is 2.01. The minimum absolute atomic E-state index is 0.207. The number of hydrogen-bond acceptors (Lipinski definition) is 7. The summed E-state index contributed by atoms with van der Waals surface area (Å²) in [6, 6.07) is 6.05. The van der Waals surface area contributed by atoms with Crippen molar-refractivity contribution in [3.63, 3.8) is 0 Å². The lowest BCUT2D eigenvalue weighted by atomic mass is 9.84. The van der Waals surface area contributed by atoms with Gasteiger partial charge in [-0.25, -0.2) is 19.3 Å². The number of thiazole rings is 1. The van der Waals surface area contributed by atoms with E-state index in [0.29, 0.717) is 42.3 Å². The van der Waals surface area contributed by atoms with Crippen LogP contribution in [0.25, 0.3) is 10.4 Å². The van der Waals surface area contributed by atoms with Gasteiger partial charge in [-0.3, -0.25) is 0 Å². The lowest BCUT2D eigenvalue weighted by Crippen LogP contribution is -2.33. The van der Waals surface area contributed by atoms with Crippen molar-refractivity contribution in [2.24, 2.45) is 0 Å². The zero-order chi connectivity index (χ0) is 21.6. The first-order valence-electron chi connectivity index (χ1n) is 10.7. The Morgan fingerprint density at radius 1 is 1.10 bits per heavy atom. The summed E-state index contributed by atoms with van der Waals surface area (Å²) in [5.74, 6) is 0.252. The van der Waals surface area contributed by atoms with Crippen molar-refractivity contribution in [1.82, 2.24) is 15.0 Å². The highest BCUT2D eigenvalue weighted by Crippen LogP contribution is 2.42. The first-order valence-corrected chi connectivity index (χ1v) is 11.5. The van der Waals surface area contributed by atoms with Crippen LogP contribution in [0.1, 0.15) is 60.7 Å². The van der Waals surface area contributed by atoms with Gasteiger partial charge in [-0.15, -0.1) is 11.3 Å². The van der Waals surface area contributed by atoms with Gasteiger partial charge in [0.2, 0.25) is 5.95 Å². The number of halogens is 1. The maximum absolute atomic E-state index is 14.0. The molecule has 6 nitrogen and oxygen atoms in total. The highest BCUT2D eigenvalue weighted by Gasteiger charge is 2.37. The van der Waals surface area contributed by atoms with Crippen LogP contribution < -0.4 is 5.32 Å². The Morgan fingerprint density at radius 3 is 2.61 bits per heavy atom. The number of aromatic nitrogens is 3. The molecule has 0 saturated heterocycles. The quantitative estimate of drug-likeness (QED) is 0.528. The molecule has 5 rings (SSSR count). The monoisotopic (exact) mass is 440 g/mol. The van der Waals surface area contributed by atoms with Crippen LogP contribution in [0.3, 0.4) is 0 Å². The van der Waals surface area contributed by atoms with E-state index in [1.54, 1.807) is 6.20 Å². The number of benzene rings is 1. The third-order valence-electron chi connectivity index (χ3n) is 6.04. The van der Waals surface area contributed by atoms with Gasteiger partial charge in [0.1, 0.15) is 10.6 Å². The minimum atomic E-state index is -0.964. The van der Waals surface area contributed by atoms with Gasteiger partial charge < -0.3 is 15.5 Å². The van der Waals surface area contributed by atoms with Crippen LogP contribution in [0.15, 0.2) is 30.6 Å². The highest BCUT2D eigenvalue weighted by atomic mass is 32.1. The largest absolute Gasteiger partial charge is 0.393 e. The molecule has 0 unspecified atom stereocenters. The van der Waals surface area contributed by atoms with Crippen LogP contribution >= 0.6 is 11.3 Å². The molecular weight excluding hydrogens is 415 g/mol. The molecule has 0 amide bonds. The van der Waals surface area contributed by atoms with Gasteiger partial charge in [0.15, 0.2) is 5.82 Å². The van der Waals surface area contributed by atoms with Crippen LogP contribution in [0.4, 0.5) is 16.0 Å². The van der Waals surface area contributed by atoms with E-state index in [4.69, 9.17) is 0 Å². The maximum Gasteiger partial charge on any atom is 0.227 e. The lowest BCUT2D eigenvalue weighted by molar-refractivity contribution is -0.0362. The standard InChI is InChI=1S/C23H25FN4O2S/c1-13-8-15(19-12-25-21(31-19)23(30)6-4-17(29)5-7-23)10-16(9-13)27-22-26-11-18(24)20(28-22)14-2-3-14/h8-12,14,17,29-30H,2-7H2,1H3,(H,26,27,28)/t17-,23-. The summed E-state index contributed by atoms with van der Waals surface area (Å²) >= 11 is 1.48. The number of rotatable bonds is 5. The van der Waals surface area contributed by atoms with Crippen molar-refractivity contribution in [3.05, 3.63) is 52.7 Å². The molecule has 2 aliphatic carbocycles. The molecule has 1 aromatic carbocycles. The Balaban J connectivity index is 1.39. The number of aliphatic hydroxyl groups is 2. The molecule has 0 aliphatic heterocycles. The number of aliphatic hydroxyl groups excluding tert-OH is 1. The van der Waals surface area contributed by atoms with E-state index in [2.05, 4.69) is 26.3 Å². The second-order valence-electron chi connectivity index (χ2n) is 8.71. The van der Waals surface area contributed by atoms with E-state index in [1.807, 2.05) is 19.1 Å². The predicted molar refractivity (Wildman–Crippen MR) is 118 cm³/mol. The fourth-order valence-electron chi connectivity index (χ4n) is 4.13. The van der Waals surface area contributed by atoms with Crippen LogP contribution in [0.2, 0.25) is 0 Å². The Kier molecular flexibility index (Phi) is 5.24. The first kappa shape index (κ1) is 20.5. The summed E-state index contributed by atoms with van der Waals surface area (Å²) in [6.07, 6.45) is 6.86. The van der Waals surface area contributed by atoms with Gasteiger partial charge in [-0.2, -0.15) is 0 Å². The Hall–Kier alpha value is -2.42. The van der Waals surface area contributed by atoms with Gasteiger partial charge in [0.25, 0.3) is 0 Å². The molecule has 2 aromatic heterocycles. The average molecular weight is 441 g/mol. The third kappa shape index (κ3) is 4.33. The molecule has 2 fully saturated rings. The fraction of sp³-hybridized carbons (Fsp3) is 0.435. The van der Waals surface area contributed by atoms with E-state index in [-0.39, 0.29) is 17.8 Å². The molecule has 0 bridgehead atoms. The Morgan fingerprint density at radius 2 is 1.87 bits per heavy atom. The molecule has 2 heterocycles. The molecule has 2 aliphatic rings.